The molecular formula is C27H25N5O3. The van der Waals surface area contributed by atoms with Crippen LogP contribution in [0.15, 0.2) is 73.1 Å². The zero-order chi connectivity index (χ0) is 24.2. The summed E-state index contributed by atoms with van der Waals surface area (Å²) in [5.74, 6) is 0.481. The summed E-state index contributed by atoms with van der Waals surface area (Å²) in [5.41, 5.74) is 3.17. The molecule has 1 aliphatic heterocycles. The van der Waals surface area contributed by atoms with Crippen molar-refractivity contribution in [1.82, 2.24) is 14.9 Å². The fourth-order valence-corrected chi connectivity index (χ4v) is 4.60. The number of nitrogens with zero attached hydrogens (tertiary/aromatic N) is 4. The predicted octanol–water partition coefficient (Wildman–Crippen LogP) is 3.96. The minimum absolute atomic E-state index is 0.464. The average molecular weight is 468 g/mol. The summed E-state index contributed by atoms with van der Waals surface area (Å²) >= 11 is 0. The molecule has 0 amide bonds. The summed E-state index contributed by atoms with van der Waals surface area (Å²) in [5, 5.41) is 20.4. The van der Waals surface area contributed by atoms with Crippen molar-refractivity contribution < 1.29 is 14.6 Å². The SMILES string of the molecule is N#Cc1cccnc1N1CCN([C@H](C(=O)O)c2c[nH]c3cc(OCc4ccccc4)ccc23)CC1. The van der Waals surface area contributed by atoms with Gasteiger partial charge in [0.15, 0.2) is 0 Å². The number of hydrogen-bond acceptors (Lipinski definition) is 6. The molecule has 2 aromatic carbocycles. The first-order valence-electron chi connectivity index (χ1n) is 11.5. The topological polar surface area (TPSA) is 105 Å². The van der Waals surface area contributed by atoms with Crippen LogP contribution in [0.1, 0.15) is 22.7 Å². The highest BCUT2D eigenvalue weighted by atomic mass is 16.5. The number of aliphatic carboxylic acids is 1. The van der Waals surface area contributed by atoms with Crippen LogP contribution in [-0.2, 0) is 11.4 Å². The van der Waals surface area contributed by atoms with Gasteiger partial charge in [-0.3, -0.25) is 9.69 Å². The summed E-state index contributed by atoms with van der Waals surface area (Å²) in [6, 6.07) is 20.5. The lowest BCUT2D eigenvalue weighted by atomic mass is 10.0. The molecule has 0 spiro atoms. The molecule has 8 nitrogen and oxygen atoms in total. The van der Waals surface area contributed by atoms with E-state index in [-0.39, 0.29) is 0 Å². The van der Waals surface area contributed by atoms with Gasteiger partial charge in [0.25, 0.3) is 0 Å². The van der Waals surface area contributed by atoms with Crippen LogP contribution in [0.5, 0.6) is 5.75 Å². The number of H-pyrrole nitrogens is 1. The number of aromatic amines is 1. The van der Waals surface area contributed by atoms with E-state index in [1.54, 1.807) is 24.5 Å². The molecule has 1 saturated heterocycles. The number of anilines is 1. The molecule has 8 heteroatoms. The number of ether oxygens (including phenoxy) is 1. The van der Waals surface area contributed by atoms with E-state index in [0.717, 1.165) is 27.8 Å². The van der Waals surface area contributed by atoms with Gasteiger partial charge in [-0.25, -0.2) is 4.98 Å². The van der Waals surface area contributed by atoms with Crippen molar-refractivity contribution in [3.63, 3.8) is 0 Å². The van der Waals surface area contributed by atoms with E-state index in [0.29, 0.717) is 44.2 Å². The maximum Gasteiger partial charge on any atom is 0.325 e. The molecule has 0 bridgehead atoms. The number of hydrogen-bond donors (Lipinski definition) is 2. The van der Waals surface area contributed by atoms with Crippen molar-refractivity contribution in [2.75, 3.05) is 31.1 Å². The summed E-state index contributed by atoms with van der Waals surface area (Å²) < 4.78 is 5.93. The maximum atomic E-state index is 12.4. The number of carboxylic acids is 1. The van der Waals surface area contributed by atoms with Gasteiger partial charge in [0, 0.05) is 61.1 Å². The minimum atomic E-state index is -0.890. The van der Waals surface area contributed by atoms with Crippen LogP contribution in [0.4, 0.5) is 5.82 Å². The Balaban J connectivity index is 1.32. The van der Waals surface area contributed by atoms with Crippen molar-refractivity contribution in [2.45, 2.75) is 12.6 Å². The quantitative estimate of drug-likeness (QED) is 0.424. The number of aromatic nitrogens is 2. The molecule has 0 saturated carbocycles. The number of carboxylic acid groups (broad SMARTS) is 1. The largest absolute Gasteiger partial charge is 0.489 e. The van der Waals surface area contributed by atoms with E-state index >= 15 is 0 Å². The first-order valence-corrected chi connectivity index (χ1v) is 11.5. The summed E-state index contributed by atoms with van der Waals surface area (Å²) in [6.07, 6.45) is 3.45. The van der Waals surface area contributed by atoms with E-state index in [1.165, 1.54) is 0 Å². The third-order valence-electron chi connectivity index (χ3n) is 6.35. The number of pyridine rings is 1. The Bertz CT molecular complexity index is 1370. The lowest BCUT2D eigenvalue weighted by Crippen LogP contribution is -2.49. The highest BCUT2D eigenvalue weighted by Crippen LogP contribution is 2.32. The number of rotatable bonds is 7. The van der Waals surface area contributed by atoms with Crippen molar-refractivity contribution >= 4 is 22.7 Å². The van der Waals surface area contributed by atoms with Gasteiger partial charge in [-0.05, 0) is 29.8 Å². The molecule has 1 fully saturated rings. The smallest absolute Gasteiger partial charge is 0.325 e. The second-order valence-electron chi connectivity index (χ2n) is 8.48. The fourth-order valence-electron chi connectivity index (χ4n) is 4.60. The number of fused-ring (bicyclic) bond motifs is 1. The van der Waals surface area contributed by atoms with Gasteiger partial charge in [0.1, 0.15) is 30.3 Å². The average Bonchev–Trinajstić information content (AvgIpc) is 3.31. The monoisotopic (exact) mass is 467 g/mol. The first-order chi connectivity index (χ1) is 17.1. The third-order valence-corrected chi connectivity index (χ3v) is 6.35. The molecule has 176 valence electrons. The molecule has 2 N–H and O–H groups in total. The molecule has 1 aliphatic rings. The third kappa shape index (κ3) is 4.67. The summed E-state index contributed by atoms with van der Waals surface area (Å²) in [7, 11) is 0. The Hall–Kier alpha value is -4.35. The second-order valence-corrected chi connectivity index (χ2v) is 8.48. The van der Waals surface area contributed by atoms with E-state index in [2.05, 4.69) is 16.0 Å². The van der Waals surface area contributed by atoms with Crippen molar-refractivity contribution in [3.8, 4) is 11.8 Å². The number of nitriles is 1. The zero-order valence-corrected chi connectivity index (χ0v) is 19.1. The molecule has 0 radical (unpaired) electrons. The van der Waals surface area contributed by atoms with Crippen LogP contribution in [0, 0.1) is 11.3 Å². The zero-order valence-electron chi connectivity index (χ0n) is 19.1. The lowest BCUT2D eigenvalue weighted by Gasteiger charge is -2.38. The fraction of sp³-hybridized carbons (Fsp3) is 0.222. The summed E-state index contributed by atoms with van der Waals surface area (Å²) in [6.45, 7) is 2.74. The molecule has 3 heterocycles. The molecule has 1 atom stereocenters. The Kier molecular flexibility index (Phi) is 6.33. The van der Waals surface area contributed by atoms with Gasteiger partial charge in [-0.2, -0.15) is 5.26 Å². The van der Waals surface area contributed by atoms with Crippen LogP contribution < -0.4 is 9.64 Å². The Morgan fingerprint density at radius 1 is 1.11 bits per heavy atom. The lowest BCUT2D eigenvalue weighted by molar-refractivity contribution is -0.143. The Labute approximate surface area is 203 Å². The predicted molar refractivity (Wildman–Crippen MR) is 132 cm³/mol. The van der Waals surface area contributed by atoms with Crippen LogP contribution in [0.3, 0.4) is 0 Å². The van der Waals surface area contributed by atoms with Crippen molar-refractivity contribution in [3.05, 3.63) is 89.7 Å². The molecule has 35 heavy (non-hydrogen) atoms. The van der Waals surface area contributed by atoms with E-state index < -0.39 is 12.0 Å². The molecule has 5 rings (SSSR count). The number of carbonyl (C=O) groups is 1. The maximum absolute atomic E-state index is 12.4. The van der Waals surface area contributed by atoms with Crippen LogP contribution in [0.25, 0.3) is 10.9 Å². The van der Waals surface area contributed by atoms with Gasteiger partial charge in [-0.1, -0.05) is 30.3 Å². The van der Waals surface area contributed by atoms with E-state index in [4.69, 9.17) is 4.74 Å². The Morgan fingerprint density at radius 3 is 2.66 bits per heavy atom. The van der Waals surface area contributed by atoms with E-state index in [9.17, 15) is 15.2 Å². The molecule has 4 aromatic rings. The van der Waals surface area contributed by atoms with Crippen LogP contribution in [-0.4, -0.2) is 52.1 Å². The Morgan fingerprint density at radius 2 is 1.91 bits per heavy atom. The second kappa shape index (κ2) is 9.87. The summed E-state index contributed by atoms with van der Waals surface area (Å²) in [4.78, 5) is 24.0. The van der Waals surface area contributed by atoms with Gasteiger partial charge >= 0.3 is 5.97 Å². The first kappa shape index (κ1) is 22.4. The van der Waals surface area contributed by atoms with Gasteiger partial charge in [-0.15, -0.1) is 0 Å². The van der Waals surface area contributed by atoms with E-state index in [1.807, 2.05) is 58.3 Å². The van der Waals surface area contributed by atoms with Gasteiger partial charge < -0.3 is 19.7 Å². The number of benzene rings is 2. The van der Waals surface area contributed by atoms with Crippen LogP contribution >= 0.6 is 0 Å². The number of piperazine rings is 1. The standard InChI is InChI=1S/C27H25N5O3/c28-16-20-7-4-10-29-26(20)32-13-11-31(12-14-32)25(27(33)34)23-17-30-24-15-21(8-9-22(23)24)35-18-19-5-2-1-3-6-19/h1-10,15,17,25,30H,11-14,18H2,(H,33,34)/t25-/m0/s1. The van der Waals surface area contributed by atoms with Crippen molar-refractivity contribution in [1.29, 1.82) is 5.26 Å². The van der Waals surface area contributed by atoms with Crippen molar-refractivity contribution in [2.24, 2.45) is 0 Å². The minimum Gasteiger partial charge on any atom is -0.489 e. The van der Waals surface area contributed by atoms with Gasteiger partial charge in [0.2, 0.25) is 0 Å². The number of nitrogens with one attached hydrogen (secondary N) is 1. The molecule has 0 aliphatic carbocycles. The molecule has 0 unspecified atom stereocenters. The molecule has 2 aromatic heterocycles. The highest BCUT2D eigenvalue weighted by Gasteiger charge is 2.32. The normalized spacial score (nSPS) is 15.0. The highest BCUT2D eigenvalue weighted by molar-refractivity contribution is 5.90. The van der Waals surface area contributed by atoms with Gasteiger partial charge in [0.05, 0.1) is 5.56 Å². The molecular weight excluding hydrogens is 442 g/mol. The van der Waals surface area contributed by atoms with Crippen LogP contribution in [0.2, 0.25) is 0 Å².